The zero-order valence-corrected chi connectivity index (χ0v) is 16.3. The summed E-state index contributed by atoms with van der Waals surface area (Å²) < 4.78 is 4.78. The SMILES string of the molecule is COC(=O)[C@H](Cc1ccc(O)cc1)NC(=O)[C@H](C)N1C(=O)[C@H]2CC=CC[C@H]2C1=O. The largest absolute Gasteiger partial charge is 0.508 e. The number of nitrogens with one attached hydrogen (secondary N) is 1. The fraction of sp³-hybridized carbons (Fsp3) is 0.429. The Kier molecular flexibility index (Phi) is 6.00. The average molecular weight is 400 g/mol. The Morgan fingerprint density at radius 3 is 2.21 bits per heavy atom. The Hall–Kier alpha value is -3.16. The highest BCUT2D eigenvalue weighted by molar-refractivity contribution is 6.08. The third kappa shape index (κ3) is 4.16. The monoisotopic (exact) mass is 400 g/mol. The van der Waals surface area contributed by atoms with Crippen molar-refractivity contribution in [2.24, 2.45) is 11.8 Å². The molecule has 0 bridgehead atoms. The van der Waals surface area contributed by atoms with Gasteiger partial charge in [-0.25, -0.2) is 4.79 Å². The van der Waals surface area contributed by atoms with E-state index in [0.717, 1.165) is 4.90 Å². The van der Waals surface area contributed by atoms with Crippen molar-refractivity contribution in [3.05, 3.63) is 42.0 Å². The van der Waals surface area contributed by atoms with Crippen molar-refractivity contribution in [2.75, 3.05) is 7.11 Å². The lowest BCUT2D eigenvalue weighted by molar-refractivity contribution is -0.149. The van der Waals surface area contributed by atoms with Crippen LogP contribution in [-0.4, -0.2) is 52.9 Å². The van der Waals surface area contributed by atoms with Gasteiger partial charge in [0.25, 0.3) is 0 Å². The van der Waals surface area contributed by atoms with Gasteiger partial charge in [-0.2, -0.15) is 0 Å². The number of hydrogen-bond donors (Lipinski definition) is 2. The molecule has 0 radical (unpaired) electrons. The molecule has 1 aromatic rings. The minimum atomic E-state index is -1.03. The van der Waals surface area contributed by atoms with Crippen molar-refractivity contribution < 1.29 is 29.0 Å². The summed E-state index contributed by atoms with van der Waals surface area (Å²) in [5, 5.41) is 12.0. The predicted octanol–water partition coefficient (Wildman–Crippen LogP) is 0.932. The van der Waals surface area contributed by atoms with Gasteiger partial charge < -0.3 is 15.2 Å². The molecule has 3 rings (SSSR count). The van der Waals surface area contributed by atoms with E-state index in [9.17, 15) is 24.3 Å². The number of amides is 3. The molecule has 2 aliphatic rings. The first-order chi connectivity index (χ1) is 13.8. The van der Waals surface area contributed by atoms with E-state index in [-0.39, 0.29) is 24.0 Å². The highest BCUT2D eigenvalue weighted by Crippen LogP contribution is 2.36. The molecule has 1 aliphatic carbocycles. The summed E-state index contributed by atoms with van der Waals surface area (Å²) in [6.07, 6.45) is 4.89. The number of likely N-dealkylation sites (tertiary alicyclic amines) is 1. The molecule has 8 heteroatoms. The molecular formula is C21H24N2O6. The molecule has 2 N–H and O–H groups in total. The number of fused-ring (bicyclic) bond motifs is 1. The number of rotatable bonds is 6. The molecule has 1 fully saturated rings. The minimum absolute atomic E-state index is 0.0861. The Morgan fingerprint density at radius 2 is 1.69 bits per heavy atom. The van der Waals surface area contributed by atoms with E-state index in [1.165, 1.54) is 26.2 Å². The maximum Gasteiger partial charge on any atom is 0.328 e. The smallest absolute Gasteiger partial charge is 0.328 e. The fourth-order valence-corrected chi connectivity index (χ4v) is 3.82. The molecule has 4 atom stereocenters. The van der Waals surface area contributed by atoms with E-state index < -0.39 is 35.8 Å². The second kappa shape index (κ2) is 8.46. The van der Waals surface area contributed by atoms with E-state index in [0.29, 0.717) is 18.4 Å². The molecule has 1 aromatic carbocycles. The molecule has 1 aliphatic heterocycles. The summed E-state index contributed by atoms with van der Waals surface area (Å²) in [5.74, 6) is -2.70. The number of phenols is 1. The number of carbonyl (C=O) groups excluding carboxylic acids is 4. The molecule has 154 valence electrons. The van der Waals surface area contributed by atoms with Crippen molar-refractivity contribution >= 4 is 23.7 Å². The van der Waals surface area contributed by atoms with Crippen LogP contribution in [0.4, 0.5) is 0 Å². The van der Waals surface area contributed by atoms with Crippen LogP contribution in [0, 0.1) is 11.8 Å². The third-order valence-electron chi connectivity index (χ3n) is 5.49. The van der Waals surface area contributed by atoms with E-state index in [1.54, 1.807) is 12.1 Å². The number of benzene rings is 1. The fourth-order valence-electron chi connectivity index (χ4n) is 3.82. The van der Waals surface area contributed by atoms with Crippen LogP contribution in [0.25, 0.3) is 0 Å². The van der Waals surface area contributed by atoms with Crippen LogP contribution in [0.3, 0.4) is 0 Å². The number of hydrogen-bond acceptors (Lipinski definition) is 6. The van der Waals surface area contributed by atoms with Crippen LogP contribution in [0.2, 0.25) is 0 Å². The average Bonchev–Trinajstić information content (AvgIpc) is 2.98. The first-order valence-corrected chi connectivity index (χ1v) is 9.51. The van der Waals surface area contributed by atoms with Gasteiger partial charge in [0.15, 0.2) is 0 Å². The maximum absolute atomic E-state index is 12.8. The van der Waals surface area contributed by atoms with Crippen LogP contribution in [0.5, 0.6) is 5.75 Å². The topological polar surface area (TPSA) is 113 Å². The Morgan fingerprint density at radius 1 is 1.14 bits per heavy atom. The lowest BCUT2D eigenvalue weighted by atomic mass is 9.85. The number of imide groups is 1. The third-order valence-corrected chi connectivity index (χ3v) is 5.49. The van der Waals surface area contributed by atoms with Crippen molar-refractivity contribution in [2.45, 2.75) is 38.3 Å². The molecule has 0 aromatic heterocycles. The Balaban J connectivity index is 1.71. The number of esters is 1. The first-order valence-electron chi connectivity index (χ1n) is 9.51. The van der Waals surface area contributed by atoms with E-state index in [1.807, 2.05) is 12.2 Å². The number of ether oxygens (including phenoxy) is 1. The van der Waals surface area contributed by atoms with Gasteiger partial charge in [0.05, 0.1) is 18.9 Å². The first kappa shape index (κ1) is 20.6. The predicted molar refractivity (Wildman–Crippen MR) is 102 cm³/mol. The van der Waals surface area contributed by atoms with Crippen LogP contribution in [-0.2, 0) is 30.3 Å². The van der Waals surface area contributed by atoms with Crippen LogP contribution < -0.4 is 5.32 Å². The minimum Gasteiger partial charge on any atom is -0.508 e. The number of allylic oxidation sites excluding steroid dienone is 2. The van der Waals surface area contributed by atoms with Crippen molar-refractivity contribution in [1.82, 2.24) is 10.2 Å². The van der Waals surface area contributed by atoms with Gasteiger partial charge in [-0.05, 0) is 37.5 Å². The number of phenolic OH excluding ortho intramolecular Hbond substituents is 1. The van der Waals surface area contributed by atoms with Crippen molar-refractivity contribution in [1.29, 1.82) is 0 Å². The summed E-state index contributed by atoms with van der Waals surface area (Å²) in [7, 11) is 1.22. The number of aromatic hydroxyl groups is 1. The number of carbonyl (C=O) groups is 4. The molecule has 1 heterocycles. The zero-order chi connectivity index (χ0) is 21.1. The quantitative estimate of drug-likeness (QED) is 0.417. The summed E-state index contributed by atoms with van der Waals surface area (Å²) in [5.41, 5.74) is 0.705. The summed E-state index contributed by atoms with van der Waals surface area (Å²) in [4.78, 5) is 51.3. The van der Waals surface area contributed by atoms with Gasteiger partial charge in [-0.3, -0.25) is 19.3 Å². The molecule has 0 saturated carbocycles. The summed E-state index contributed by atoms with van der Waals surface area (Å²) >= 11 is 0. The second-order valence-corrected chi connectivity index (χ2v) is 7.33. The van der Waals surface area contributed by atoms with Crippen LogP contribution in [0.15, 0.2) is 36.4 Å². The van der Waals surface area contributed by atoms with Crippen LogP contribution in [0.1, 0.15) is 25.3 Å². The molecule has 29 heavy (non-hydrogen) atoms. The molecule has 0 spiro atoms. The standard InChI is InChI=1S/C21H24N2O6/c1-12(23-19(26)15-5-3-4-6-16(15)20(23)27)18(25)22-17(21(28)29-2)11-13-7-9-14(24)10-8-13/h3-4,7-10,12,15-17,24H,5-6,11H2,1-2H3,(H,22,25)/t12-,15-,16+,17-/m0/s1. The summed E-state index contributed by atoms with van der Waals surface area (Å²) in [6.45, 7) is 1.48. The number of nitrogens with zero attached hydrogens (tertiary/aromatic N) is 1. The van der Waals surface area contributed by atoms with Gasteiger partial charge >= 0.3 is 5.97 Å². The van der Waals surface area contributed by atoms with Crippen molar-refractivity contribution in [3.63, 3.8) is 0 Å². The van der Waals surface area contributed by atoms with E-state index >= 15 is 0 Å². The van der Waals surface area contributed by atoms with E-state index in [2.05, 4.69) is 5.32 Å². The molecule has 1 saturated heterocycles. The van der Waals surface area contributed by atoms with Gasteiger partial charge in [0.1, 0.15) is 17.8 Å². The van der Waals surface area contributed by atoms with Gasteiger partial charge in [-0.1, -0.05) is 24.3 Å². The van der Waals surface area contributed by atoms with Gasteiger partial charge in [0, 0.05) is 6.42 Å². The molecule has 3 amide bonds. The molecular weight excluding hydrogens is 376 g/mol. The van der Waals surface area contributed by atoms with Gasteiger partial charge in [-0.15, -0.1) is 0 Å². The lowest BCUT2D eigenvalue weighted by Gasteiger charge is -2.25. The Labute approximate surface area is 168 Å². The van der Waals surface area contributed by atoms with Crippen molar-refractivity contribution in [3.8, 4) is 5.75 Å². The van der Waals surface area contributed by atoms with Crippen LogP contribution >= 0.6 is 0 Å². The summed E-state index contributed by atoms with van der Waals surface area (Å²) in [6, 6.07) is 4.19. The maximum atomic E-state index is 12.8. The second-order valence-electron chi connectivity index (χ2n) is 7.33. The Bertz CT molecular complexity index is 821. The highest BCUT2D eigenvalue weighted by Gasteiger charge is 2.50. The van der Waals surface area contributed by atoms with E-state index in [4.69, 9.17) is 4.74 Å². The number of methoxy groups -OCH3 is 1. The lowest BCUT2D eigenvalue weighted by Crippen LogP contribution is -2.53. The molecule has 0 unspecified atom stereocenters. The highest BCUT2D eigenvalue weighted by atomic mass is 16.5. The molecule has 8 nitrogen and oxygen atoms in total. The normalized spacial score (nSPS) is 22.8. The zero-order valence-electron chi connectivity index (χ0n) is 16.3. The van der Waals surface area contributed by atoms with Gasteiger partial charge in [0.2, 0.25) is 17.7 Å².